The molecule has 10 heteroatoms. The van der Waals surface area contributed by atoms with E-state index in [-0.39, 0.29) is 14.5 Å². The van der Waals surface area contributed by atoms with Crippen LogP contribution in [0.1, 0.15) is 79.0 Å². The van der Waals surface area contributed by atoms with Crippen molar-refractivity contribution in [2.45, 2.75) is 111 Å². The lowest BCUT2D eigenvalue weighted by atomic mass is 9.57. The Balaban J connectivity index is 1.64. The summed E-state index contributed by atoms with van der Waals surface area (Å²) in [6.45, 7) is 17.0. The Labute approximate surface area is 350 Å². The fraction of sp³-hybridized carbons (Fsp3) is 0.455. The maximum absolute atomic E-state index is 16.7. The third kappa shape index (κ3) is 10.2. The highest BCUT2D eigenvalue weighted by molar-refractivity contribution is 14.1. The molecule has 7 unspecified atom stereocenters. The zero-order valence-electron chi connectivity index (χ0n) is 33.7. The summed E-state index contributed by atoms with van der Waals surface area (Å²) in [7, 11) is 16.0. The standard InChI is InChI=1S/C44H60BF3IP5/c1-37(2,39(5,6)50)42(45,46)25-29-22-30(26-43(47,48)38(3,4)40(7,8)51)24-36(23-29)35-20-18-34(19-21-35)33-16-14-32(15-17-33)31-12-10-28(11-13-31)27-44(53,54)41(9,49)52/h10-24H,25-27,45,50-54H2,1-9H3. The second kappa shape index (κ2) is 16.3. The Morgan fingerprint density at radius 2 is 0.796 bits per heavy atom. The lowest BCUT2D eigenvalue weighted by Crippen LogP contribution is -2.52. The third-order valence-corrected chi connectivity index (χ3v) is 19.0. The van der Waals surface area contributed by atoms with Crippen molar-refractivity contribution in [1.82, 2.24) is 0 Å². The first-order chi connectivity index (χ1) is 24.4. The number of hydrogen-bond acceptors (Lipinski definition) is 0. The molecule has 7 atom stereocenters. The van der Waals surface area contributed by atoms with Crippen LogP contribution in [0.25, 0.3) is 33.4 Å². The normalized spacial score (nSPS) is 15.8. The van der Waals surface area contributed by atoms with E-state index in [1.807, 2.05) is 65.8 Å². The average molecular weight is 939 g/mol. The quantitative estimate of drug-likeness (QED) is 0.0511. The van der Waals surface area contributed by atoms with Crippen LogP contribution in [0, 0.1) is 10.8 Å². The Morgan fingerprint density at radius 1 is 0.463 bits per heavy atom. The van der Waals surface area contributed by atoms with Gasteiger partial charge in [-0.25, -0.2) is 8.78 Å². The zero-order valence-corrected chi connectivity index (χ0v) is 41.6. The Bertz CT molecular complexity index is 1840. The molecule has 4 aromatic rings. The van der Waals surface area contributed by atoms with Crippen molar-refractivity contribution in [3.63, 3.8) is 0 Å². The van der Waals surface area contributed by atoms with E-state index in [1.165, 1.54) is 11.1 Å². The van der Waals surface area contributed by atoms with Crippen molar-refractivity contribution >= 4 is 76.6 Å². The SMILES string of the molecule is BC(F)(Cc1cc(CC(F)(F)C(C)(C)C(C)(C)P)cc(-c2ccc(-c3ccc(-c4ccc(CC(P)(P)C(C)(P)I)cc4)cc3)cc2)c1)C(C)(C)C(C)(C)P. The maximum atomic E-state index is 16.7. The lowest BCUT2D eigenvalue weighted by Gasteiger charge is -2.48. The zero-order chi connectivity index (χ0) is 40.9. The van der Waals surface area contributed by atoms with Gasteiger partial charge in [0.05, 0.1) is 5.57 Å². The summed E-state index contributed by atoms with van der Waals surface area (Å²) in [6, 6.07) is 31.2. The molecule has 0 nitrogen and oxygen atoms in total. The van der Waals surface area contributed by atoms with Crippen molar-refractivity contribution < 1.29 is 13.2 Å². The first-order valence-electron chi connectivity index (χ1n) is 18.5. The molecule has 0 saturated carbocycles. The maximum Gasteiger partial charge on any atom is 0.257 e. The fourth-order valence-corrected chi connectivity index (χ4v) is 7.67. The van der Waals surface area contributed by atoms with Gasteiger partial charge in [0.1, 0.15) is 0 Å². The molecular weight excluding hydrogens is 878 g/mol. The molecule has 292 valence electrons. The smallest absolute Gasteiger partial charge is 0.253 e. The van der Waals surface area contributed by atoms with E-state index < -0.39 is 39.1 Å². The van der Waals surface area contributed by atoms with Crippen molar-refractivity contribution in [1.29, 1.82) is 0 Å². The van der Waals surface area contributed by atoms with E-state index >= 15 is 13.2 Å². The van der Waals surface area contributed by atoms with Crippen molar-refractivity contribution in [3.8, 4) is 33.4 Å². The van der Waals surface area contributed by atoms with Crippen molar-refractivity contribution in [3.05, 3.63) is 108 Å². The molecular formula is C44H60BF3IP5. The Morgan fingerprint density at radius 3 is 1.15 bits per heavy atom. The minimum absolute atomic E-state index is 0.0283. The van der Waals surface area contributed by atoms with Crippen LogP contribution in [0.3, 0.4) is 0 Å². The van der Waals surface area contributed by atoms with Gasteiger partial charge in [-0.1, -0.05) is 169 Å². The molecule has 0 aliphatic heterocycles. The summed E-state index contributed by atoms with van der Waals surface area (Å²) in [5.41, 5.74) is 5.09. The molecule has 0 saturated heterocycles. The van der Waals surface area contributed by atoms with E-state index in [2.05, 4.69) is 136 Å². The Kier molecular flexibility index (Phi) is 14.0. The van der Waals surface area contributed by atoms with Gasteiger partial charge in [0, 0.05) is 19.9 Å². The van der Waals surface area contributed by atoms with E-state index in [1.54, 1.807) is 27.8 Å². The largest absolute Gasteiger partial charge is 0.257 e. The molecule has 0 spiro atoms. The number of hydrogen-bond donors (Lipinski definition) is 0. The van der Waals surface area contributed by atoms with Crippen molar-refractivity contribution in [2.75, 3.05) is 0 Å². The molecule has 0 bridgehead atoms. The van der Waals surface area contributed by atoms with Gasteiger partial charge in [-0.2, -0.15) is 0 Å². The average Bonchev–Trinajstić information content (AvgIpc) is 3.03. The minimum Gasteiger partial charge on any atom is -0.253 e. The second-order valence-corrected chi connectivity index (χ2v) is 28.3. The van der Waals surface area contributed by atoms with E-state index in [4.69, 9.17) is 0 Å². The van der Waals surface area contributed by atoms with Gasteiger partial charge in [-0.3, -0.25) is 4.39 Å². The van der Waals surface area contributed by atoms with Crippen LogP contribution in [-0.4, -0.2) is 37.7 Å². The number of rotatable bonds is 14. The highest BCUT2D eigenvalue weighted by atomic mass is 127. The summed E-state index contributed by atoms with van der Waals surface area (Å²) in [5.74, 6) is -3.01. The van der Waals surface area contributed by atoms with Gasteiger partial charge in [0.2, 0.25) is 0 Å². The molecule has 0 fully saturated rings. The number of halogens is 4. The minimum atomic E-state index is -3.01. The molecule has 54 heavy (non-hydrogen) atoms. The van der Waals surface area contributed by atoms with Gasteiger partial charge in [0.25, 0.3) is 5.92 Å². The number of benzene rings is 4. The summed E-state index contributed by atoms with van der Waals surface area (Å²) < 4.78 is 49.0. The third-order valence-electron chi connectivity index (χ3n) is 12.6. The first-order valence-corrected chi connectivity index (χ1v) is 22.5. The van der Waals surface area contributed by atoms with Crippen LogP contribution in [0.15, 0.2) is 91.0 Å². The van der Waals surface area contributed by atoms with Crippen LogP contribution in [0.4, 0.5) is 13.2 Å². The van der Waals surface area contributed by atoms with E-state index in [0.717, 1.165) is 39.8 Å². The topological polar surface area (TPSA) is 0 Å². The van der Waals surface area contributed by atoms with E-state index in [9.17, 15) is 0 Å². The molecule has 0 amide bonds. The summed E-state index contributed by atoms with van der Waals surface area (Å²) in [4.78, 5) is -0.0301. The summed E-state index contributed by atoms with van der Waals surface area (Å²) >= 11 is 2.48. The van der Waals surface area contributed by atoms with Crippen LogP contribution < -0.4 is 0 Å². The van der Waals surface area contributed by atoms with Crippen LogP contribution in [0.5, 0.6) is 0 Å². The second-order valence-electron chi connectivity index (χ2n) is 18.1. The van der Waals surface area contributed by atoms with Gasteiger partial charge < -0.3 is 0 Å². The molecule has 0 aliphatic carbocycles. The molecule has 0 radical (unpaired) electrons. The van der Waals surface area contributed by atoms with Crippen LogP contribution in [0.2, 0.25) is 0 Å². The highest BCUT2D eigenvalue weighted by Crippen LogP contribution is 2.52. The van der Waals surface area contributed by atoms with Crippen LogP contribution in [-0.2, 0) is 19.3 Å². The summed E-state index contributed by atoms with van der Waals surface area (Å²) in [6.07, 6.45) is 0.609. The van der Waals surface area contributed by atoms with Crippen LogP contribution >= 0.6 is 68.8 Å². The monoisotopic (exact) mass is 938 g/mol. The molecule has 0 aromatic heterocycles. The molecule has 4 rings (SSSR count). The number of alkyl halides is 4. The summed E-state index contributed by atoms with van der Waals surface area (Å²) in [5, 5.41) is -1.10. The predicted octanol–water partition coefficient (Wildman–Crippen LogP) is 13.1. The van der Waals surface area contributed by atoms with E-state index in [0.29, 0.717) is 5.56 Å². The molecule has 0 N–H and O–H groups in total. The van der Waals surface area contributed by atoms with Gasteiger partial charge in [-0.15, -0.1) is 46.2 Å². The van der Waals surface area contributed by atoms with Crippen molar-refractivity contribution in [2.24, 2.45) is 10.8 Å². The fourth-order valence-electron chi connectivity index (χ4n) is 6.39. The first kappa shape index (κ1) is 46.3. The lowest BCUT2D eigenvalue weighted by molar-refractivity contribution is -0.117. The van der Waals surface area contributed by atoms with Gasteiger partial charge in [0.15, 0.2) is 7.85 Å². The molecule has 4 aromatic carbocycles. The molecule has 0 heterocycles. The highest BCUT2D eigenvalue weighted by Gasteiger charge is 2.53. The molecule has 0 aliphatic rings. The van der Waals surface area contributed by atoms with Gasteiger partial charge in [-0.05, 0) is 85.6 Å². The Hall–Kier alpha value is -0.385. The predicted molar refractivity (Wildman–Crippen MR) is 261 cm³/mol. The van der Waals surface area contributed by atoms with Gasteiger partial charge >= 0.3 is 0 Å².